The van der Waals surface area contributed by atoms with Gasteiger partial charge >= 0.3 is 0 Å². The molecule has 0 bridgehead atoms. The molecule has 154 valence electrons. The number of methoxy groups -OCH3 is 2. The number of nitrogens with zero attached hydrogens (tertiary/aromatic N) is 3. The van der Waals surface area contributed by atoms with Crippen molar-refractivity contribution >= 4 is 41.3 Å². The molecule has 1 aliphatic heterocycles. The summed E-state index contributed by atoms with van der Waals surface area (Å²) in [4.78, 5) is 10.5. The van der Waals surface area contributed by atoms with Gasteiger partial charge in [0.15, 0.2) is 5.96 Å². The normalized spacial score (nSPS) is 15.1. The van der Waals surface area contributed by atoms with Gasteiger partial charge in [-0.25, -0.2) is 0 Å². The average Bonchev–Trinajstić information content (AvgIpc) is 3.23. The molecule has 3 rings (SSSR count). The molecule has 1 fully saturated rings. The van der Waals surface area contributed by atoms with E-state index in [2.05, 4.69) is 43.7 Å². The van der Waals surface area contributed by atoms with Crippen molar-refractivity contribution in [2.75, 3.05) is 47.4 Å². The smallest absolute Gasteiger partial charge is 0.194 e. The Morgan fingerprint density at radius 1 is 1.14 bits per heavy atom. The molecule has 1 N–H and O–H groups in total. The van der Waals surface area contributed by atoms with Crippen LogP contribution in [0.5, 0.6) is 11.5 Å². The Bertz CT molecular complexity index is 747. The quantitative estimate of drug-likeness (QED) is 0.363. The Kier molecular flexibility index (Phi) is 9.33. The Labute approximate surface area is 188 Å². The van der Waals surface area contributed by atoms with E-state index in [-0.39, 0.29) is 24.0 Å². The number of hydrogen-bond donors (Lipinski definition) is 1. The van der Waals surface area contributed by atoms with Crippen LogP contribution in [0.2, 0.25) is 0 Å². The van der Waals surface area contributed by atoms with Gasteiger partial charge in [-0.3, -0.25) is 9.89 Å². The zero-order valence-corrected chi connectivity index (χ0v) is 19.8. The first-order valence-corrected chi connectivity index (χ1v) is 10.0. The number of guanidine groups is 1. The van der Waals surface area contributed by atoms with Crippen LogP contribution in [0, 0.1) is 0 Å². The predicted octanol–water partition coefficient (Wildman–Crippen LogP) is 3.28. The molecule has 8 heteroatoms. The summed E-state index contributed by atoms with van der Waals surface area (Å²) < 4.78 is 10.9. The molecule has 0 aliphatic carbocycles. The van der Waals surface area contributed by atoms with Crippen molar-refractivity contribution < 1.29 is 9.47 Å². The Morgan fingerprint density at radius 2 is 1.93 bits per heavy atom. The highest BCUT2D eigenvalue weighted by molar-refractivity contribution is 14.0. The molecule has 2 aromatic rings. The average molecular weight is 516 g/mol. The first-order valence-electron chi connectivity index (χ1n) is 9.14. The van der Waals surface area contributed by atoms with Gasteiger partial charge in [0, 0.05) is 50.2 Å². The van der Waals surface area contributed by atoms with Gasteiger partial charge in [0.05, 0.1) is 20.8 Å². The fourth-order valence-corrected chi connectivity index (χ4v) is 3.92. The Morgan fingerprint density at radius 3 is 2.54 bits per heavy atom. The van der Waals surface area contributed by atoms with E-state index in [0.29, 0.717) is 0 Å². The molecule has 1 saturated heterocycles. The molecule has 1 aromatic heterocycles. The number of rotatable bonds is 6. The summed E-state index contributed by atoms with van der Waals surface area (Å²) >= 11 is 1.76. The van der Waals surface area contributed by atoms with Crippen molar-refractivity contribution in [3.8, 4) is 11.5 Å². The molecule has 6 nitrogen and oxygen atoms in total. The highest BCUT2D eigenvalue weighted by Gasteiger charge is 2.20. The summed E-state index contributed by atoms with van der Waals surface area (Å²) in [7, 11) is 5.26. The zero-order valence-electron chi connectivity index (χ0n) is 16.7. The van der Waals surface area contributed by atoms with E-state index in [1.54, 1.807) is 25.6 Å². The summed E-state index contributed by atoms with van der Waals surface area (Å²) in [6.07, 6.45) is 0. The third-order valence-corrected chi connectivity index (χ3v) is 5.64. The second kappa shape index (κ2) is 11.5. The van der Waals surface area contributed by atoms with Crippen molar-refractivity contribution in [3.05, 3.63) is 46.2 Å². The van der Waals surface area contributed by atoms with E-state index >= 15 is 0 Å². The number of halogens is 1. The van der Waals surface area contributed by atoms with E-state index in [0.717, 1.165) is 62.3 Å². The largest absolute Gasteiger partial charge is 0.497 e. The molecule has 0 saturated carbocycles. The first kappa shape index (κ1) is 22.8. The molecular weight excluding hydrogens is 487 g/mol. The third kappa shape index (κ3) is 5.99. The molecule has 2 heterocycles. The van der Waals surface area contributed by atoms with E-state index in [1.165, 1.54) is 4.88 Å². The van der Waals surface area contributed by atoms with Gasteiger partial charge < -0.3 is 19.7 Å². The summed E-state index contributed by atoms with van der Waals surface area (Å²) in [5.74, 6) is 2.75. The minimum Gasteiger partial charge on any atom is -0.497 e. The van der Waals surface area contributed by atoms with Crippen molar-refractivity contribution in [2.24, 2.45) is 4.99 Å². The van der Waals surface area contributed by atoms with E-state index in [1.807, 2.05) is 19.2 Å². The third-order valence-electron chi connectivity index (χ3n) is 4.77. The second-order valence-electron chi connectivity index (χ2n) is 6.42. The molecule has 0 radical (unpaired) electrons. The van der Waals surface area contributed by atoms with Crippen LogP contribution in [0.4, 0.5) is 0 Å². The van der Waals surface area contributed by atoms with Crippen LogP contribution in [-0.4, -0.2) is 63.2 Å². The lowest BCUT2D eigenvalue weighted by Gasteiger charge is -2.36. The van der Waals surface area contributed by atoms with Gasteiger partial charge in [0.1, 0.15) is 11.5 Å². The van der Waals surface area contributed by atoms with Crippen LogP contribution < -0.4 is 14.8 Å². The number of nitrogens with one attached hydrogen (secondary N) is 1. The molecule has 1 aliphatic rings. The van der Waals surface area contributed by atoms with Crippen molar-refractivity contribution in [2.45, 2.75) is 13.1 Å². The SMILES string of the molecule is CN=C(NCc1cccs1)N1CCN(Cc2cc(OC)ccc2OC)CC1.I. The lowest BCUT2D eigenvalue weighted by molar-refractivity contribution is 0.171. The van der Waals surface area contributed by atoms with Gasteiger partial charge in [-0.1, -0.05) is 6.07 Å². The van der Waals surface area contributed by atoms with Gasteiger partial charge in [0.25, 0.3) is 0 Å². The summed E-state index contributed by atoms with van der Waals surface area (Å²) in [5.41, 5.74) is 1.16. The number of benzene rings is 1. The maximum absolute atomic E-state index is 5.51. The first-order chi connectivity index (χ1) is 13.2. The van der Waals surface area contributed by atoms with Crippen molar-refractivity contribution in [3.63, 3.8) is 0 Å². The fourth-order valence-electron chi connectivity index (χ4n) is 3.28. The van der Waals surface area contributed by atoms with Gasteiger partial charge in [-0.15, -0.1) is 35.3 Å². The molecule has 28 heavy (non-hydrogen) atoms. The number of piperazine rings is 1. The number of thiophene rings is 1. The standard InChI is InChI=1S/C20H28N4O2S.HI/c1-21-20(22-14-18-5-4-12-27-18)24-10-8-23(9-11-24)15-16-13-17(25-2)6-7-19(16)26-3;/h4-7,12-13H,8-11,14-15H2,1-3H3,(H,21,22);1H. The highest BCUT2D eigenvalue weighted by Crippen LogP contribution is 2.25. The minimum absolute atomic E-state index is 0. The summed E-state index contributed by atoms with van der Waals surface area (Å²) in [6.45, 7) is 5.56. The summed E-state index contributed by atoms with van der Waals surface area (Å²) in [5, 5.41) is 5.57. The molecule has 1 aromatic carbocycles. The maximum Gasteiger partial charge on any atom is 0.194 e. The number of ether oxygens (including phenoxy) is 2. The molecule has 0 spiro atoms. The van der Waals surface area contributed by atoms with Crippen LogP contribution in [-0.2, 0) is 13.1 Å². The predicted molar refractivity (Wildman–Crippen MR) is 126 cm³/mol. The Hall–Kier alpha value is -1.52. The van der Waals surface area contributed by atoms with Crippen LogP contribution in [0.15, 0.2) is 40.7 Å². The fraction of sp³-hybridized carbons (Fsp3) is 0.450. The van der Waals surface area contributed by atoms with E-state index in [4.69, 9.17) is 9.47 Å². The highest BCUT2D eigenvalue weighted by atomic mass is 127. The van der Waals surface area contributed by atoms with Crippen LogP contribution in [0.3, 0.4) is 0 Å². The number of aliphatic imine (C=N–C) groups is 1. The lowest BCUT2D eigenvalue weighted by atomic mass is 10.1. The van der Waals surface area contributed by atoms with Crippen molar-refractivity contribution in [1.82, 2.24) is 15.1 Å². The summed E-state index contributed by atoms with van der Waals surface area (Å²) in [6, 6.07) is 10.2. The van der Waals surface area contributed by atoms with Gasteiger partial charge in [-0.2, -0.15) is 0 Å². The Balaban J connectivity index is 0.00000280. The topological polar surface area (TPSA) is 49.3 Å². The van der Waals surface area contributed by atoms with Gasteiger partial charge in [0.2, 0.25) is 0 Å². The molecule has 0 unspecified atom stereocenters. The molecular formula is C20H29IN4O2S. The maximum atomic E-state index is 5.51. The number of hydrogen-bond acceptors (Lipinski definition) is 5. The molecule has 0 amide bonds. The lowest BCUT2D eigenvalue weighted by Crippen LogP contribution is -2.52. The van der Waals surface area contributed by atoms with E-state index < -0.39 is 0 Å². The van der Waals surface area contributed by atoms with Crippen LogP contribution in [0.1, 0.15) is 10.4 Å². The monoisotopic (exact) mass is 516 g/mol. The van der Waals surface area contributed by atoms with E-state index in [9.17, 15) is 0 Å². The molecule has 0 atom stereocenters. The van der Waals surface area contributed by atoms with Crippen LogP contribution >= 0.6 is 35.3 Å². The van der Waals surface area contributed by atoms with Crippen LogP contribution in [0.25, 0.3) is 0 Å². The second-order valence-corrected chi connectivity index (χ2v) is 7.45. The van der Waals surface area contributed by atoms with Crippen molar-refractivity contribution in [1.29, 1.82) is 0 Å². The van der Waals surface area contributed by atoms with Gasteiger partial charge in [-0.05, 0) is 29.6 Å². The zero-order chi connectivity index (χ0) is 19.1. The minimum atomic E-state index is 0.